The van der Waals surface area contributed by atoms with Crippen molar-refractivity contribution in [3.05, 3.63) is 29.2 Å². The van der Waals surface area contributed by atoms with Crippen LogP contribution in [0.25, 0.3) is 10.9 Å². The summed E-state index contributed by atoms with van der Waals surface area (Å²) in [5, 5.41) is 1.10. The number of rotatable bonds is 2. The fraction of sp³-hybridized carbons (Fsp3) is 0.273. The summed E-state index contributed by atoms with van der Waals surface area (Å²) in [6.45, 7) is 1.86. The van der Waals surface area contributed by atoms with Crippen molar-refractivity contribution >= 4 is 22.5 Å². The molecule has 0 radical (unpaired) electrons. The third-order valence-corrected chi connectivity index (χ3v) is 2.51. The molecule has 5 heteroatoms. The van der Waals surface area contributed by atoms with Crippen molar-refractivity contribution < 1.29 is 4.74 Å². The lowest BCUT2D eigenvalue weighted by Gasteiger charge is -2.09. The van der Waals surface area contributed by atoms with Gasteiger partial charge in [0.25, 0.3) is 0 Å². The van der Waals surface area contributed by atoms with Gasteiger partial charge in [0.05, 0.1) is 18.3 Å². The maximum atomic E-state index is 5.84. The SMILES string of the molecule is COc1ccc2c(C(C)N)nc(Cl)nc2c1. The molecule has 0 aliphatic rings. The van der Waals surface area contributed by atoms with E-state index in [9.17, 15) is 0 Å². The van der Waals surface area contributed by atoms with Gasteiger partial charge in [-0.3, -0.25) is 0 Å². The van der Waals surface area contributed by atoms with Crippen molar-refractivity contribution in [2.45, 2.75) is 13.0 Å². The first-order chi connectivity index (χ1) is 7.61. The third kappa shape index (κ3) is 1.94. The molecular formula is C11H12ClN3O. The minimum Gasteiger partial charge on any atom is -0.497 e. The monoisotopic (exact) mass is 237 g/mol. The lowest BCUT2D eigenvalue weighted by molar-refractivity contribution is 0.415. The number of methoxy groups -OCH3 is 1. The van der Waals surface area contributed by atoms with Gasteiger partial charge in [-0.25, -0.2) is 9.97 Å². The van der Waals surface area contributed by atoms with E-state index in [-0.39, 0.29) is 11.3 Å². The van der Waals surface area contributed by atoms with Gasteiger partial charge in [-0.05, 0) is 30.7 Å². The van der Waals surface area contributed by atoms with Crippen LogP contribution in [0.1, 0.15) is 18.7 Å². The first-order valence-electron chi connectivity index (χ1n) is 4.88. The maximum Gasteiger partial charge on any atom is 0.223 e. The zero-order valence-corrected chi connectivity index (χ0v) is 9.82. The van der Waals surface area contributed by atoms with Crippen molar-refractivity contribution in [1.29, 1.82) is 0 Å². The number of ether oxygens (including phenoxy) is 1. The summed E-state index contributed by atoms with van der Waals surface area (Å²) >= 11 is 5.84. The number of fused-ring (bicyclic) bond motifs is 1. The van der Waals surface area contributed by atoms with Crippen molar-refractivity contribution in [3.63, 3.8) is 0 Å². The fourth-order valence-electron chi connectivity index (χ4n) is 1.58. The van der Waals surface area contributed by atoms with E-state index >= 15 is 0 Å². The van der Waals surface area contributed by atoms with Crippen LogP contribution in [-0.2, 0) is 0 Å². The molecule has 84 valence electrons. The molecule has 2 N–H and O–H groups in total. The van der Waals surface area contributed by atoms with Gasteiger partial charge in [0.1, 0.15) is 5.75 Å². The number of hydrogen-bond acceptors (Lipinski definition) is 4. The molecule has 1 aromatic carbocycles. The molecule has 2 aromatic rings. The number of aromatic nitrogens is 2. The average molecular weight is 238 g/mol. The molecule has 1 aromatic heterocycles. The Bertz CT molecular complexity index is 528. The summed E-state index contributed by atoms with van der Waals surface area (Å²) in [6, 6.07) is 5.38. The Morgan fingerprint density at radius 1 is 1.38 bits per heavy atom. The molecule has 1 heterocycles. The summed E-state index contributed by atoms with van der Waals surface area (Å²) < 4.78 is 5.13. The lowest BCUT2D eigenvalue weighted by atomic mass is 10.1. The largest absolute Gasteiger partial charge is 0.497 e. The molecule has 0 fully saturated rings. The summed E-state index contributed by atoms with van der Waals surface area (Å²) in [6.07, 6.45) is 0. The molecule has 1 atom stereocenters. The highest BCUT2D eigenvalue weighted by Crippen LogP contribution is 2.25. The Hall–Kier alpha value is -1.39. The zero-order valence-electron chi connectivity index (χ0n) is 9.07. The number of halogens is 1. The first kappa shape index (κ1) is 11.1. The van der Waals surface area contributed by atoms with Crippen LogP contribution >= 0.6 is 11.6 Å². The molecule has 0 saturated heterocycles. The summed E-state index contributed by atoms with van der Waals surface area (Å²) in [5.74, 6) is 0.734. The van der Waals surface area contributed by atoms with Gasteiger partial charge in [-0.1, -0.05) is 0 Å². The van der Waals surface area contributed by atoms with Gasteiger partial charge in [0, 0.05) is 17.5 Å². The van der Waals surface area contributed by atoms with Gasteiger partial charge in [0.2, 0.25) is 5.28 Å². The summed E-state index contributed by atoms with van der Waals surface area (Å²) in [7, 11) is 1.61. The highest BCUT2D eigenvalue weighted by molar-refractivity contribution is 6.28. The van der Waals surface area contributed by atoms with E-state index in [0.717, 1.165) is 22.3 Å². The summed E-state index contributed by atoms with van der Waals surface area (Å²) in [4.78, 5) is 8.29. The Labute approximate surface area is 98.4 Å². The van der Waals surface area contributed by atoms with E-state index in [1.54, 1.807) is 7.11 Å². The molecule has 0 aliphatic carbocycles. The van der Waals surface area contributed by atoms with Crippen molar-refractivity contribution in [2.24, 2.45) is 5.73 Å². The van der Waals surface area contributed by atoms with Gasteiger partial charge in [-0.15, -0.1) is 0 Å². The molecule has 0 saturated carbocycles. The second-order valence-electron chi connectivity index (χ2n) is 3.55. The standard InChI is InChI=1S/C11H12ClN3O/c1-6(13)10-8-4-3-7(16-2)5-9(8)14-11(12)15-10/h3-6H,13H2,1-2H3. The topological polar surface area (TPSA) is 61.0 Å². The van der Waals surface area contributed by atoms with E-state index in [1.165, 1.54) is 0 Å². The minimum absolute atomic E-state index is 0.184. The molecule has 4 nitrogen and oxygen atoms in total. The Morgan fingerprint density at radius 3 is 2.75 bits per heavy atom. The fourth-order valence-corrected chi connectivity index (χ4v) is 1.76. The van der Waals surface area contributed by atoms with Gasteiger partial charge >= 0.3 is 0 Å². The Kier molecular flexibility index (Phi) is 2.94. The number of hydrogen-bond donors (Lipinski definition) is 1. The van der Waals surface area contributed by atoms with Crippen molar-refractivity contribution in [2.75, 3.05) is 7.11 Å². The highest BCUT2D eigenvalue weighted by atomic mass is 35.5. The molecule has 0 spiro atoms. The van der Waals surface area contributed by atoms with Crippen LogP contribution in [0.5, 0.6) is 5.75 Å². The molecule has 1 unspecified atom stereocenters. The second-order valence-corrected chi connectivity index (χ2v) is 3.89. The Balaban J connectivity index is 2.73. The van der Waals surface area contributed by atoms with E-state index < -0.39 is 0 Å². The van der Waals surface area contributed by atoms with Gasteiger partial charge in [-0.2, -0.15) is 0 Å². The van der Waals surface area contributed by atoms with E-state index in [0.29, 0.717) is 0 Å². The van der Waals surface area contributed by atoms with Gasteiger partial charge < -0.3 is 10.5 Å². The summed E-state index contributed by atoms with van der Waals surface area (Å²) in [5.41, 5.74) is 7.33. The molecular weight excluding hydrogens is 226 g/mol. The molecule has 2 rings (SSSR count). The Morgan fingerprint density at radius 2 is 2.12 bits per heavy atom. The van der Waals surface area contributed by atoms with E-state index in [4.69, 9.17) is 22.1 Å². The second kappa shape index (κ2) is 4.23. The number of benzene rings is 1. The molecule has 16 heavy (non-hydrogen) atoms. The number of nitrogens with two attached hydrogens (primary N) is 1. The third-order valence-electron chi connectivity index (χ3n) is 2.34. The van der Waals surface area contributed by atoms with Crippen LogP contribution < -0.4 is 10.5 Å². The quantitative estimate of drug-likeness (QED) is 0.815. The average Bonchev–Trinajstić information content (AvgIpc) is 2.26. The van der Waals surface area contributed by atoms with E-state index in [2.05, 4.69) is 9.97 Å². The van der Waals surface area contributed by atoms with Crippen LogP contribution in [-0.4, -0.2) is 17.1 Å². The van der Waals surface area contributed by atoms with Crippen molar-refractivity contribution in [3.8, 4) is 5.75 Å². The molecule has 0 bridgehead atoms. The van der Waals surface area contributed by atoms with Crippen LogP contribution in [0.15, 0.2) is 18.2 Å². The normalized spacial score (nSPS) is 12.8. The highest BCUT2D eigenvalue weighted by Gasteiger charge is 2.10. The number of nitrogens with zero attached hydrogens (tertiary/aromatic N) is 2. The predicted octanol–water partition coefficient (Wildman–Crippen LogP) is 2.31. The minimum atomic E-state index is -0.184. The molecule has 0 aliphatic heterocycles. The maximum absolute atomic E-state index is 5.84. The van der Waals surface area contributed by atoms with Gasteiger partial charge in [0.15, 0.2) is 0 Å². The first-order valence-corrected chi connectivity index (χ1v) is 5.26. The van der Waals surface area contributed by atoms with Crippen molar-refractivity contribution in [1.82, 2.24) is 9.97 Å². The predicted molar refractivity (Wildman–Crippen MR) is 63.7 cm³/mol. The van der Waals surface area contributed by atoms with Crippen LogP contribution in [0.4, 0.5) is 0 Å². The zero-order chi connectivity index (χ0) is 11.7. The smallest absolute Gasteiger partial charge is 0.223 e. The van der Waals surface area contributed by atoms with Crippen LogP contribution in [0, 0.1) is 0 Å². The van der Waals surface area contributed by atoms with Crippen LogP contribution in [0.3, 0.4) is 0 Å². The van der Waals surface area contributed by atoms with Crippen LogP contribution in [0.2, 0.25) is 5.28 Å². The van der Waals surface area contributed by atoms with E-state index in [1.807, 2.05) is 25.1 Å². The lowest BCUT2D eigenvalue weighted by Crippen LogP contribution is -2.09. The molecule has 0 amide bonds.